The van der Waals surface area contributed by atoms with E-state index in [1.54, 1.807) is 50.6 Å². The number of aromatic nitrogens is 2. The van der Waals surface area contributed by atoms with Crippen molar-refractivity contribution in [2.24, 2.45) is 5.92 Å². The Balaban J connectivity index is 1.63. The maximum absolute atomic E-state index is 13.9. The van der Waals surface area contributed by atoms with Crippen LogP contribution in [-0.4, -0.2) is 29.8 Å². The third-order valence-corrected chi connectivity index (χ3v) is 6.95. The second kappa shape index (κ2) is 10.2. The molecule has 36 heavy (non-hydrogen) atoms. The normalized spacial score (nSPS) is 14.5. The van der Waals surface area contributed by atoms with Gasteiger partial charge < -0.3 is 9.47 Å². The second-order valence-corrected chi connectivity index (χ2v) is 9.07. The molecule has 0 radical (unpaired) electrons. The fourth-order valence-electron chi connectivity index (χ4n) is 5.17. The van der Waals surface area contributed by atoms with Crippen molar-refractivity contribution >= 4 is 16.8 Å². The molecule has 1 fully saturated rings. The molecule has 1 N–H and O–H groups in total. The lowest BCUT2D eigenvalue weighted by Gasteiger charge is -2.24. The van der Waals surface area contributed by atoms with Crippen LogP contribution >= 0.6 is 0 Å². The Kier molecular flexibility index (Phi) is 6.71. The van der Waals surface area contributed by atoms with Crippen molar-refractivity contribution in [2.45, 2.75) is 31.6 Å². The fourth-order valence-corrected chi connectivity index (χ4v) is 5.17. The number of ether oxygens (including phenoxy) is 2. The van der Waals surface area contributed by atoms with E-state index in [9.17, 15) is 9.59 Å². The van der Waals surface area contributed by atoms with Crippen molar-refractivity contribution in [3.8, 4) is 22.9 Å². The summed E-state index contributed by atoms with van der Waals surface area (Å²) in [5.41, 5.74) is 4.73. The molecule has 7 nitrogen and oxygen atoms in total. The number of rotatable bonds is 7. The van der Waals surface area contributed by atoms with Crippen molar-refractivity contribution < 1.29 is 14.3 Å². The lowest BCUT2D eigenvalue weighted by Crippen LogP contribution is -2.39. The first-order chi connectivity index (χ1) is 17.6. The molecule has 0 saturated heterocycles. The van der Waals surface area contributed by atoms with Gasteiger partial charge in [0, 0.05) is 5.56 Å². The van der Waals surface area contributed by atoms with E-state index in [1.807, 2.05) is 36.4 Å². The average Bonchev–Trinajstić information content (AvgIpc) is 3.45. The highest BCUT2D eigenvalue weighted by Gasteiger charge is 2.33. The largest absolute Gasteiger partial charge is 0.493 e. The molecule has 4 aromatic rings. The Bertz CT molecular complexity index is 1440. The van der Waals surface area contributed by atoms with Gasteiger partial charge in [-0.25, -0.2) is 4.98 Å². The van der Waals surface area contributed by atoms with Gasteiger partial charge in [-0.1, -0.05) is 55.3 Å². The maximum Gasteiger partial charge on any atom is 0.280 e. The topological polar surface area (TPSA) is 82.5 Å². The standard InChI is InChI=1S/C29H29N3O4/c1-35-24-17-16-21(18-25(24)36-2)27-30-23-15-9-8-14-22(23)29(34)32(27)31-28(33)26(20-12-6-7-13-20)19-10-4-3-5-11-19/h3-5,8-11,14-18,20,26H,6-7,12-13H2,1-2H3,(H,31,33)/t26-/m0/s1. The first-order valence-electron chi connectivity index (χ1n) is 12.2. The number of methoxy groups -OCH3 is 2. The molecule has 7 heteroatoms. The lowest BCUT2D eigenvalue weighted by molar-refractivity contribution is -0.119. The number of nitrogens with zero attached hydrogens (tertiary/aromatic N) is 2. The zero-order chi connectivity index (χ0) is 25.1. The van der Waals surface area contributed by atoms with Gasteiger partial charge in [0.1, 0.15) is 0 Å². The molecule has 184 valence electrons. The third-order valence-electron chi connectivity index (χ3n) is 6.95. The summed E-state index contributed by atoms with van der Waals surface area (Å²) in [6.07, 6.45) is 4.19. The number of carbonyl (C=O) groups excluding carboxylic acids is 1. The minimum atomic E-state index is -0.356. The monoisotopic (exact) mass is 483 g/mol. The fraction of sp³-hybridized carbons (Fsp3) is 0.276. The minimum Gasteiger partial charge on any atom is -0.493 e. The van der Waals surface area contributed by atoms with E-state index in [4.69, 9.17) is 14.5 Å². The summed E-state index contributed by atoms with van der Waals surface area (Å²) < 4.78 is 12.1. The van der Waals surface area contributed by atoms with Gasteiger partial charge in [0.15, 0.2) is 17.3 Å². The van der Waals surface area contributed by atoms with Crippen LogP contribution in [0.25, 0.3) is 22.3 Å². The van der Waals surface area contributed by atoms with Gasteiger partial charge in [0.2, 0.25) is 5.91 Å². The molecule has 3 aromatic carbocycles. The Morgan fingerprint density at radius 1 is 0.944 bits per heavy atom. The van der Waals surface area contributed by atoms with E-state index in [1.165, 1.54) is 4.68 Å². The Morgan fingerprint density at radius 2 is 1.64 bits per heavy atom. The summed E-state index contributed by atoms with van der Waals surface area (Å²) in [6, 6.07) is 22.3. The Morgan fingerprint density at radius 3 is 2.36 bits per heavy atom. The number of amides is 1. The Hall–Kier alpha value is -4.13. The number of hydrogen-bond donors (Lipinski definition) is 1. The van der Waals surface area contributed by atoms with Crippen molar-refractivity contribution in [3.63, 3.8) is 0 Å². The number of carbonyl (C=O) groups is 1. The summed E-state index contributed by atoms with van der Waals surface area (Å²) in [5.74, 6) is 1.04. The smallest absolute Gasteiger partial charge is 0.280 e. The van der Waals surface area contributed by atoms with Crippen LogP contribution in [0.3, 0.4) is 0 Å². The molecule has 0 aliphatic heterocycles. The first kappa shape index (κ1) is 23.6. The van der Waals surface area contributed by atoms with Gasteiger partial charge in [0.25, 0.3) is 5.56 Å². The quantitative estimate of drug-likeness (QED) is 0.394. The number of hydrogen-bond acceptors (Lipinski definition) is 5. The van der Waals surface area contributed by atoms with Crippen LogP contribution in [0.5, 0.6) is 11.5 Å². The highest BCUT2D eigenvalue weighted by atomic mass is 16.5. The van der Waals surface area contributed by atoms with Gasteiger partial charge in [-0.2, -0.15) is 4.68 Å². The molecule has 0 bridgehead atoms. The van der Waals surface area contributed by atoms with Crippen molar-refractivity contribution in [1.29, 1.82) is 0 Å². The number of para-hydroxylation sites is 1. The molecule has 0 spiro atoms. The molecule has 1 aromatic heterocycles. The summed E-state index contributed by atoms with van der Waals surface area (Å²) in [7, 11) is 3.12. The van der Waals surface area contributed by atoms with E-state index in [0.29, 0.717) is 33.8 Å². The van der Waals surface area contributed by atoms with Gasteiger partial charge in [-0.15, -0.1) is 0 Å². The molecular formula is C29H29N3O4. The molecule has 1 heterocycles. The number of fused-ring (bicyclic) bond motifs is 1. The van der Waals surface area contributed by atoms with Crippen LogP contribution in [-0.2, 0) is 4.79 Å². The lowest BCUT2D eigenvalue weighted by atomic mass is 9.84. The van der Waals surface area contributed by atoms with Crippen molar-refractivity contribution in [1.82, 2.24) is 9.66 Å². The third kappa shape index (κ3) is 4.44. The molecule has 0 unspecified atom stereocenters. The molecule has 1 aliphatic carbocycles. The van der Waals surface area contributed by atoms with Crippen molar-refractivity contribution in [2.75, 3.05) is 19.6 Å². The molecular weight excluding hydrogens is 454 g/mol. The van der Waals surface area contributed by atoms with Crippen LogP contribution in [0, 0.1) is 5.92 Å². The van der Waals surface area contributed by atoms with Gasteiger partial charge in [-0.3, -0.25) is 15.0 Å². The minimum absolute atomic E-state index is 0.214. The van der Waals surface area contributed by atoms with E-state index in [-0.39, 0.29) is 23.3 Å². The molecule has 5 rings (SSSR count). The highest BCUT2D eigenvalue weighted by Crippen LogP contribution is 2.38. The van der Waals surface area contributed by atoms with E-state index in [2.05, 4.69) is 5.43 Å². The zero-order valence-corrected chi connectivity index (χ0v) is 20.4. The van der Waals surface area contributed by atoms with E-state index in [0.717, 1.165) is 31.2 Å². The number of nitrogens with one attached hydrogen (secondary N) is 1. The zero-order valence-electron chi connectivity index (χ0n) is 20.4. The SMILES string of the molecule is COc1ccc(-c2nc3ccccc3c(=O)n2NC(=O)[C@@H](c2ccccc2)C2CCCC2)cc1OC. The van der Waals surface area contributed by atoms with Crippen molar-refractivity contribution in [3.05, 3.63) is 88.7 Å². The van der Waals surface area contributed by atoms with Crippen LogP contribution in [0.1, 0.15) is 37.2 Å². The van der Waals surface area contributed by atoms with E-state index < -0.39 is 0 Å². The van der Waals surface area contributed by atoms with Gasteiger partial charge in [-0.05, 0) is 54.7 Å². The summed E-state index contributed by atoms with van der Waals surface area (Å²) >= 11 is 0. The van der Waals surface area contributed by atoms with Crippen LogP contribution in [0.2, 0.25) is 0 Å². The Labute approximate surface area is 209 Å². The maximum atomic E-state index is 13.9. The summed E-state index contributed by atoms with van der Waals surface area (Å²) in [5, 5.41) is 0.430. The first-order valence-corrected chi connectivity index (χ1v) is 12.2. The van der Waals surface area contributed by atoms with E-state index >= 15 is 0 Å². The van der Waals surface area contributed by atoms with Crippen LogP contribution in [0.4, 0.5) is 0 Å². The summed E-state index contributed by atoms with van der Waals surface area (Å²) in [6.45, 7) is 0. The highest BCUT2D eigenvalue weighted by molar-refractivity contribution is 5.91. The predicted octanol–water partition coefficient (Wildman–Crippen LogP) is 5.12. The second-order valence-electron chi connectivity index (χ2n) is 9.07. The molecule has 1 atom stereocenters. The van der Waals surface area contributed by atoms with Gasteiger partial charge >= 0.3 is 0 Å². The van der Waals surface area contributed by atoms with Gasteiger partial charge in [0.05, 0.1) is 31.0 Å². The molecule has 1 aliphatic rings. The number of benzene rings is 3. The molecule has 1 amide bonds. The van der Waals surface area contributed by atoms with Crippen LogP contribution < -0.4 is 20.5 Å². The summed E-state index contributed by atoms with van der Waals surface area (Å²) in [4.78, 5) is 32.3. The predicted molar refractivity (Wildman–Crippen MR) is 140 cm³/mol. The average molecular weight is 484 g/mol. The molecule has 1 saturated carbocycles. The van der Waals surface area contributed by atoms with Crippen LogP contribution in [0.15, 0.2) is 77.6 Å².